The third kappa shape index (κ3) is 6.33. The number of carbonyl (C=O) groups excluding carboxylic acids is 2. The van der Waals surface area contributed by atoms with Crippen LogP contribution in [0.2, 0.25) is 0 Å². The molecule has 170 valence electrons. The lowest BCUT2D eigenvalue weighted by Crippen LogP contribution is -2.38. The maximum Gasteiger partial charge on any atom is 0.253 e. The van der Waals surface area contributed by atoms with E-state index in [4.69, 9.17) is 0 Å². The van der Waals surface area contributed by atoms with Crippen molar-refractivity contribution in [3.63, 3.8) is 0 Å². The van der Waals surface area contributed by atoms with Crippen molar-refractivity contribution in [1.82, 2.24) is 15.5 Å². The number of hydrogen-bond donors (Lipinski definition) is 2. The van der Waals surface area contributed by atoms with E-state index in [1.54, 1.807) is 19.0 Å². The number of hydrogen-bond acceptors (Lipinski definition) is 3. The van der Waals surface area contributed by atoms with Crippen LogP contribution in [-0.2, 0) is 17.8 Å². The molecule has 0 spiro atoms. The highest BCUT2D eigenvalue weighted by atomic mass is 16.2. The summed E-state index contributed by atoms with van der Waals surface area (Å²) < 4.78 is 0. The van der Waals surface area contributed by atoms with Gasteiger partial charge in [-0.3, -0.25) is 9.59 Å². The fraction of sp³-hybridized carbons (Fsp3) is 0.400. The predicted octanol–water partition coefficient (Wildman–Crippen LogP) is 2.81. The first-order valence-corrected chi connectivity index (χ1v) is 11.2. The Labute approximate surface area is 190 Å². The number of nitrogens with one attached hydrogen (secondary N) is 2. The topological polar surface area (TPSA) is 77.0 Å². The largest absolute Gasteiger partial charge is 0.357 e. The molecule has 0 aliphatic carbocycles. The Bertz CT molecular complexity index is 953. The molecule has 0 bridgehead atoms. The maximum atomic E-state index is 12.2. The second-order valence-electron chi connectivity index (χ2n) is 8.09. The highest BCUT2D eigenvalue weighted by Crippen LogP contribution is 2.21. The molecule has 1 heterocycles. The van der Waals surface area contributed by atoms with Crippen LogP contribution in [0.1, 0.15) is 41.3 Å². The third-order valence-corrected chi connectivity index (χ3v) is 5.37. The normalized spacial score (nSPS) is 13.9. The van der Waals surface area contributed by atoms with Gasteiger partial charge in [0.1, 0.15) is 0 Å². The first kappa shape index (κ1) is 23.3. The van der Waals surface area contributed by atoms with Gasteiger partial charge in [-0.25, -0.2) is 4.99 Å². The van der Waals surface area contributed by atoms with Crippen molar-refractivity contribution in [2.45, 2.75) is 32.7 Å². The Morgan fingerprint density at radius 2 is 1.88 bits per heavy atom. The molecular formula is C25H33N5O2. The summed E-state index contributed by atoms with van der Waals surface area (Å²) in [5, 5.41) is 6.63. The van der Waals surface area contributed by atoms with Gasteiger partial charge in [-0.1, -0.05) is 24.3 Å². The van der Waals surface area contributed by atoms with Gasteiger partial charge >= 0.3 is 0 Å². The van der Waals surface area contributed by atoms with E-state index in [1.807, 2.05) is 60.4 Å². The van der Waals surface area contributed by atoms with E-state index in [2.05, 4.69) is 15.6 Å². The molecule has 7 heteroatoms. The number of rotatable bonds is 8. The van der Waals surface area contributed by atoms with Crippen LogP contribution in [-0.4, -0.2) is 56.4 Å². The molecule has 32 heavy (non-hydrogen) atoms. The summed E-state index contributed by atoms with van der Waals surface area (Å²) in [6, 6.07) is 15.8. The summed E-state index contributed by atoms with van der Waals surface area (Å²) in [5.74, 6) is 0.965. The molecule has 1 fully saturated rings. The molecule has 0 radical (unpaired) electrons. The zero-order valence-electron chi connectivity index (χ0n) is 19.2. The van der Waals surface area contributed by atoms with Gasteiger partial charge in [0.2, 0.25) is 5.91 Å². The molecule has 1 saturated heterocycles. The van der Waals surface area contributed by atoms with E-state index in [-0.39, 0.29) is 11.8 Å². The molecule has 2 aromatic carbocycles. The Hall–Kier alpha value is -3.35. The molecular weight excluding hydrogens is 402 g/mol. The predicted molar refractivity (Wildman–Crippen MR) is 129 cm³/mol. The van der Waals surface area contributed by atoms with Gasteiger partial charge in [0, 0.05) is 51.4 Å². The fourth-order valence-corrected chi connectivity index (χ4v) is 3.66. The first-order valence-electron chi connectivity index (χ1n) is 11.2. The van der Waals surface area contributed by atoms with Crippen molar-refractivity contribution in [2.75, 3.05) is 38.6 Å². The van der Waals surface area contributed by atoms with Crippen LogP contribution in [0, 0.1) is 0 Å². The summed E-state index contributed by atoms with van der Waals surface area (Å²) in [7, 11) is 3.52. The van der Waals surface area contributed by atoms with E-state index in [0.29, 0.717) is 25.1 Å². The number of nitrogens with zero attached hydrogens (tertiary/aromatic N) is 3. The average Bonchev–Trinajstić information content (AvgIpc) is 3.23. The van der Waals surface area contributed by atoms with Gasteiger partial charge in [-0.05, 0) is 55.2 Å². The van der Waals surface area contributed by atoms with Crippen LogP contribution in [0.4, 0.5) is 5.69 Å². The van der Waals surface area contributed by atoms with E-state index in [9.17, 15) is 9.59 Å². The van der Waals surface area contributed by atoms with E-state index >= 15 is 0 Å². The average molecular weight is 436 g/mol. The fourth-order valence-electron chi connectivity index (χ4n) is 3.66. The smallest absolute Gasteiger partial charge is 0.253 e. The highest BCUT2D eigenvalue weighted by Gasteiger charge is 2.21. The minimum Gasteiger partial charge on any atom is -0.357 e. The molecule has 0 aromatic heterocycles. The maximum absolute atomic E-state index is 12.2. The van der Waals surface area contributed by atoms with Crippen molar-refractivity contribution < 1.29 is 9.59 Å². The summed E-state index contributed by atoms with van der Waals surface area (Å²) in [5.41, 5.74) is 3.85. The van der Waals surface area contributed by atoms with Crippen LogP contribution in [0.3, 0.4) is 0 Å². The zero-order chi connectivity index (χ0) is 22.9. The van der Waals surface area contributed by atoms with Crippen LogP contribution in [0.5, 0.6) is 0 Å². The molecule has 2 aromatic rings. The standard InChI is InChI=1S/C25H33N5O2/c1-4-26-25(27-15-14-19-7-5-8-21(17-19)24(32)29(2)3)28-18-20-10-12-22(13-11-20)30-16-6-9-23(30)31/h5,7-8,10-13,17H,4,6,9,14-16,18H2,1-3H3,(H2,26,27,28). The SMILES string of the molecule is CCNC(=NCc1ccc(N2CCCC2=O)cc1)NCCc1cccc(C(=O)N(C)C)c1. The van der Waals surface area contributed by atoms with Crippen molar-refractivity contribution in [1.29, 1.82) is 0 Å². The molecule has 0 unspecified atom stereocenters. The van der Waals surface area contributed by atoms with Crippen molar-refractivity contribution in [3.8, 4) is 0 Å². The monoisotopic (exact) mass is 435 g/mol. The molecule has 3 rings (SSSR count). The Kier molecular flexibility index (Phi) is 8.25. The molecule has 1 aliphatic rings. The third-order valence-electron chi connectivity index (χ3n) is 5.37. The van der Waals surface area contributed by atoms with Gasteiger partial charge in [0.15, 0.2) is 5.96 Å². The number of carbonyl (C=O) groups is 2. The van der Waals surface area contributed by atoms with Crippen LogP contribution in [0.15, 0.2) is 53.5 Å². The number of amides is 2. The molecule has 0 saturated carbocycles. The summed E-state index contributed by atoms with van der Waals surface area (Å²) >= 11 is 0. The summed E-state index contributed by atoms with van der Waals surface area (Å²) in [4.78, 5) is 32.2. The quantitative estimate of drug-likeness (QED) is 0.494. The number of guanidine groups is 1. The Morgan fingerprint density at radius 3 is 2.53 bits per heavy atom. The lowest BCUT2D eigenvalue weighted by Gasteiger charge is -2.16. The van der Waals surface area contributed by atoms with Crippen LogP contribution < -0.4 is 15.5 Å². The molecule has 0 atom stereocenters. The highest BCUT2D eigenvalue weighted by molar-refractivity contribution is 5.95. The van der Waals surface area contributed by atoms with Crippen LogP contribution in [0.25, 0.3) is 0 Å². The summed E-state index contributed by atoms with van der Waals surface area (Å²) in [6.07, 6.45) is 2.36. The van der Waals surface area contributed by atoms with Crippen molar-refractivity contribution in [3.05, 3.63) is 65.2 Å². The number of aliphatic imine (C=N–C) groups is 1. The van der Waals surface area contributed by atoms with E-state index in [0.717, 1.165) is 48.7 Å². The molecule has 2 N–H and O–H groups in total. The summed E-state index contributed by atoms with van der Waals surface area (Å²) in [6.45, 7) is 4.87. The number of anilines is 1. The van der Waals surface area contributed by atoms with E-state index in [1.165, 1.54) is 0 Å². The Morgan fingerprint density at radius 1 is 1.09 bits per heavy atom. The zero-order valence-corrected chi connectivity index (χ0v) is 19.2. The molecule has 7 nitrogen and oxygen atoms in total. The van der Waals surface area contributed by atoms with Gasteiger partial charge in [0.25, 0.3) is 5.91 Å². The molecule has 1 aliphatic heterocycles. The Balaban J connectivity index is 1.54. The second-order valence-corrected chi connectivity index (χ2v) is 8.09. The van der Waals surface area contributed by atoms with Gasteiger partial charge < -0.3 is 20.4 Å². The van der Waals surface area contributed by atoms with Crippen LogP contribution >= 0.6 is 0 Å². The lowest BCUT2D eigenvalue weighted by molar-refractivity contribution is -0.117. The minimum atomic E-state index is 0.00910. The molecule has 2 amide bonds. The van der Waals surface area contributed by atoms with Gasteiger partial charge in [-0.15, -0.1) is 0 Å². The van der Waals surface area contributed by atoms with Gasteiger partial charge in [0.05, 0.1) is 6.54 Å². The lowest BCUT2D eigenvalue weighted by atomic mass is 10.1. The van der Waals surface area contributed by atoms with Crippen molar-refractivity contribution in [2.24, 2.45) is 4.99 Å². The van der Waals surface area contributed by atoms with Gasteiger partial charge in [-0.2, -0.15) is 0 Å². The first-order chi connectivity index (χ1) is 15.5. The minimum absolute atomic E-state index is 0.00910. The number of benzene rings is 2. The van der Waals surface area contributed by atoms with Crippen molar-refractivity contribution >= 4 is 23.5 Å². The second kappa shape index (κ2) is 11.3. The van der Waals surface area contributed by atoms with E-state index < -0.39 is 0 Å².